The van der Waals surface area contributed by atoms with Crippen LogP contribution in [0.1, 0.15) is 89.7 Å². The number of carbonyl (C=O) groups is 1. The molecule has 0 aliphatic heterocycles. The Morgan fingerprint density at radius 1 is 1.00 bits per heavy atom. The highest BCUT2D eigenvalue weighted by Gasteiger charge is 2.28. The minimum absolute atomic E-state index is 0.00122. The van der Waals surface area contributed by atoms with Gasteiger partial charge in [-0.1, -0.05) is 68.2 Å². The van der Waals surface area contributed by atoms with Crippen LogP contribution in [0, 0.1) is 5.92 Å². The van der Waals surface area contributed by atoms with Gasteiger partial charge in [-0.3, -0.25) is 4.79 Å². The van der Waals surface area contributed by atoms with Gasteiger partial charge in [-0.2, -0.15) is 4.02 Å². The molecule has 5 nitrogen and oxygen atoms in total. The molecule has 1 N–H and O–H groups in total. The van der Waals surface area contributed by atoms with Crippen molar-refractivity contribution in [1.82, 2.24) is 9.13 Å². The van der Waals surface area contributed by atoms with Crippen LogP contribution in [0.25, 0.3) is 0 Å². The number of nitrogens with zero attached hydrogens (tertiary/aromatic N) is 3. The van der Waals surface area contributed by atoms with Gasteiger partial charge in [0, 0.05) is 35.6 Å². The first kappa shape index (κ1) is 25.4. The summed E-state index contributed by atoms with van der Waals surface area (Å²) in [5.74, 6) is 0.862. The molecule has 0 saturated heterocycles. The summed E-state index contributed by atoms with van der Waals surface area (Å²) in [6.45, 7) is 17.8. The highest BCUT2D eigenvalue weighted by Crippen LogP contribution is 2.39. The van der Waals surface area contributed by atoms with E-state index in [0.717, 1.165) is 36.1 Å². The van der Waals surface area contributed by atoms with E-state index in [-0.39, 0.29) is 28.9 Å². The van der Waals surface area contributed by atoms with Gasteiger partial charge in [-0.25, -0.2) is 0 Å². The predicted octanol–water partition coefficient (Wildman–Crippen LogP) is 6.12. The molecule has 2 rings (SSSR count). The second-order valence-electron chi connectivity index (χ2n) is 10.5. The van der Waals surface area contributed by atoms with E-state index >= 15 is 0 Å². The quantitative estimate of drug-likeness (QED) is 0.474. The number of halogens is 1. The fraction of sp³-hybridized carbons (Fsp3) is 0.600. The van der Waals surface area contributed by atoms with Crippen LogP contribution in [0.4, 0.5) is 0 Å². The molecule has 172 valence electrons. The van der Waals surface area contributed by atoms with Gasteiger partial charge >= 0.3 is 0 Å². The Labute approximate surface area is 195 Å². The molecule has 0 spiro atoms. The summed E-state index contributed by atoms with van der Waals surface area (Å²) in [5.41, 5.74) is 2.39. The Morgan fingerprint density at radius 2 is 1.48 bits per heavy atom. The van der Waals surface area contributed by atoms with E-state index in [1.54, 1.807) is 0 Å². The van der Waals surface area contributed by atoms with Gasteiger partial charge in [-0.15, -0.1) is 0 Å². The number of benzene rings is 1. The molecule has 0 bridgehead atoms. The second-order valence-corrected chi connectivity index (χ2v) is 10.8. The lowest BCUT2D eigenvalue weighted by Crippen LogP contribution is -2.29. The number of hydrogen-bond acceptors (Lipinski definition) is 3. The maximum Gasteiger partial charge on any atom is 0.217 e. The van der Waals surface area contributed by atoms with Gasteiger partial charge < -0.3 is 14.2 Å². The van der Waals surface area contributed by atoms with E-state index in [1.807, 2.05) is 29.1 Å². The molecular weight excluding hydrogens is 454 g/mol. The molecular formula is C25H38BrN3O2. The standard InChI is InChI=1S/C25H38BrN3O2/c1-9-17(10-2)15-28-11-12-29(23(28)27-26)16-21(30)18-13-19(24(3,4)5)22(31)20(14-18)25(6,7)8/h11-14,17,31H,9-10,15-16H2,1-8H3. The van der Waals surface area contributed by atoms with Gasteiger partial charge in [0.15, 0.2) is 5.78 Å². The van der Waals surface area contributed by atoms with Crippen molar-refractivity contribution >= 4 is 21.9 Å². The molecule has 1 aromatic heterocycles. The van der Waals surface area contributed by atoms with E-state index in [4.69, 9.17) is 0 Å². The molecule has 0 atom stereocenters. The van der Waals surface area contributed by atoms with Crippen LogP contribution in [0.15, 0.2) is 28.5 Å². The molecule has 6 heteroatoms. The van der Waals surface area contributed by atoms with Crippen LogP contribution >= 0.6 is 16.1 Å². The number of aromatic nitrogens is 2. The molecule has 0 unspecified atom stereocenters. The van der Waals surface area contributed by atoms with Crippen molar-refractivity contribution in [1.29, 1.82) is 0 Å². The zero-order chi connectivity index (χ0) is 23.6. The third-order valence-electron chi connectivity index (χ3n) is 5.99. The maximum absolute atomic E-state index is 13.3. The van der Waals surface area contributed by atoms with E-state index < -0.39 is 0 Å². The third-order valence-corrected chi connectivity index (χ3v) is 6.30. The Bertz CT molecular complexity index is 948. The fourth-order valence-corrected chi connectivity index (χ4v) is 4.24. The van der Waals surface area contributed by atoms with Gasteiger partial charge in [-0.05, 0) is 28.9 Å². The maximum atomic E-state index is 13.3. The van der Waals surface area contributed by atoms with Crippen molar-refractivity contribution in [2.24, 2.45) is 9.94 Å². The average molecular weight is 493 g/mol. The number of carbonyl (C=O) groups excluding carboxylic acids is 1. The third kappa shape index (κ3) is 5.91. The minimum atomic E-state index is -0.275. The number of ketones is 1. The molecule has 2 aromatic rings. The van der Waals surface area contributed by atoms with Crippen molar-refractivity contribution in [2.75, 3.05) is 0 Å². The number of rotatable bonds is 7. The first-order chi connectivity index (χ1) is 14.3. The van der Waals surface area contributed by atoms with Crippen LogP contribution < -0.4 is 5.62 Å². The zero-order valence-corrected chi connectivity index (χ0v) is 21.9. The topological polar surface area (TPSA) is 59.5 Å². The largest absolute Gasteiger partial charge is 0.507 e. The van der Waals surface area contributed by atoms with Crippen LogP contribution in [0.5, 0.6) is 5.75 Å². The lowest BCUT2D eigenvalue weighted by Gasteiger charge is -2.28. The summed E-state index contributed by atoms with van der Waals surface area (Å²) in [6.07, 6.45) is 6.11. The summed E-state index contributed by atoms with van der Waals surface area (Å²) < 4.78 is 8.24. The molecule has 1 heterocycles. The monoisotopic (exact) mass is 491 g/mol. The van der Waals surface area contributed by atoms with Crippen molar-refractivity contribution in [2.45, 2.75) is 92.2 Å². The summed E-state index contributed by atoms with van der Waals surface area (Å²) in [7, 11) is 0. The van der Waals surface area contributed by atoms with Gasteiger partial charge in [0.1, 0.15) is 5.75 Å². The highest BCUT2D eigenvalue weighted by molar-refractivity contribution is 9.08. The summed E-state index contributed by atoms with van der Waals surface area (Å²) in [4.78, 5) is 13.3. The van der Waals surface area contributed by atoms with Crippen LogP contribution in [0.2, 0.25) is 0 Å². The van der Waals surface area contributed by atoms with Gasteiger partial charge in [0.2, 0.25) is 5.62 Å². The fourth-order valence-electron chi connectivity index (χ4n) is 3.83. The van der Waals surface area contributed by atoms with E-state index in [9.17, 15) is 9.90 Å². The normalized spacial score (nSPS) is 13.3. The Kier molecular flexibility index (Phi) is 8.01. The van der Waals surface area contributed by atoms with Crippen molar-refractivity contribution in [3.05, 3.63) is 46.8 Å². The van der Waals surface area contributed by atoms with Crippen LogP contribution in [-0.4, -0.2) is 20.0 Å². The van der Waals surface area contributed by atoms with Crippen molar-refractivity contribution in [3.8, 4) is 5.75 Å². The van der Waals surface area contributed by atoms with Crippen molar-refractivity contribution < 1.29 is 9.90 Å². The second kappa shape index (κ2) is 9.76. The molecule has 0 aliphatic carbocycles. The Morgan fingerprint density at radius 3 is 1.90 bits per heavy atom. The minimum Gasteiger partial charge on any atom is -0.507 e. The smallest absolute Gasteiger partial charge is 0.217 e. The number of hydrogen-bond donors (Lipinski definition) is 1. The lowest BCUT2D eigenvalue weighted by molar-refractivity contribution is 0.0970. The summed E-state index contributed by atoms with van der Waals surface area (Å²) >= 11 is 3.24. The first-order valence-electron chi connectivity index (χ1n) is 11.1. The number of phenolic OH excluding ortho intramolecular Hbond substituents is 1. The zero-order valence-electron chi connectivity index (χ0n) is 20.3. The average Bonchev–Trinajstić information content (AvgIpc) is 3.05. The van der Waals surface area contributed by atoms with Gasteiger partial charge in [0.05, 0.1) is 22.7 Å². The summed E-state index contributed by atoms with van der Waals surface area (Å²) in [5, 5.41) is 10.9. The van der Waals surface area contributed by atoms with Crippen LogP contribution in [-0.2, 0) is 23.9 Å². The molecule has 0 fully saturated rings. The summed E-state index contributed by atoms with van der Waals surface area (Å²) in [6, 6.07) is 3.69. The molecule has 0 aliphatic rings. The number of aromatic hydroxyl groups is 1. The molecule has 0 radical (unpaired) electrons. The Hall–Kier alpha value is -1.82. The lowest BCUT2D eigenvalue weighted by atomic mass is 9.78. The Balaban J connectivity index is 2.46. The van der Waals surface area contributed by atoms with E-state index in [0.29, 0.717) is 11.5 Å². The highest BCUT2D eigenvalue weighted by atomic mass is 79.9. The SMILES string of the molecule is CCC(CC)Cn1ccn(CC(=O)c2cc(C(C)(C)C)c(O)c(C(C)(C)C)c2)c1=NBr. The number of phenols is 1. The van der Waals surface area contributed by atoms with E-state index in [2.05, 4.69) is 80.1 Å². The molecule has 1 aromatic carbocycles. The van der Waals surface area contributed by atoms with Crippen LogP contribution in [0.3, 0.4) is 0 Å². The molecule has 0 saturated carbocycles. The number of imidazole rings is 1. The first-order valence-corrected chi connectivity index (χ1v) is 11.9. The molecule has 31 heavy (non-hydrogen) atoms. The van der Waals surface area contributed by atoms with E-state index in [1.165, 1.54) is 0 Å². The van der Waals surface area contributed by atoms with Crippen molar-refractivity contribution in [3.63, 3.8) is 0 Å². The predicted molar refractivity (Wildman–Crippen MR) is 131 cm³/mol. The number of Topliss-reactive ketones (excluding diaryl/α,β-unsaturated/α-hetero) is 1. The van der Waals surface area contributed by atoms with Gasteiger partial charge in [0.25, 0.3) is 0 Å². The molecule has 0 amide bonds.